The van der Waals surface area contributed by atoms with Crippen molar-refractivity contribution in [1.29, 1.82) is 0 Å². The lowest BCUT2D eigenvalue weighted by Gasteiger charge is -2.18. The van der Waals surface area contributed by atoms with E-state index in [0.717, 1.165) is 23.4 Å². The summed E-state index contributed by atoms with van der Waals surface area (Å²) in [5.74, 6) is 0.549. The van der Waals surface area contributed by atoms with E-state index in [0.29, 0.717) is 19.5 Å². The summed E-state index contributed by atoms with van der Waals surface area (Å²) in [6, 6.07) is 11.0. The molecule has 0 aliphatic carbocycles. The van der Waals surface area contributed by atoms with E-state index in [1.165, 1.54) is 10.4 Å². The number of sulfonamides is 1. The molecule has 0 aromatic heterocycles. The molecule has 9 heteroatoms. The number of halogens is 3. The highest BCUT2D eigenvalue weighted by molar-refractivity contribution is 7.89. The Kier molecular flexibility index (Phi) is 5.88. The van der Waals surface area contributed by atoms with E-state index >= 15 is 0 Å². The van der Waals surface area contributed by atoms with Gasteiger partial charge in [-0.05, 0) is 48.2 Å². The number of nitrogens with zero attached hydrogens (tertiary/aromatic N) is 1. The molecule has 146 valence electrons. The molecule has 0 radical (unpaired) electrons. The highest BCUT2D eigenvalue weighted by Crippen LogP contribution is 2.34. The summed E-state index contributed by atoms with van der Waals surface area (Å²) < 4.78 is 61.1. The van der Waals surface area contributed by atoms with E-state index in [1.807, 2.05) is 24.3 Å². The van der Waals surface area contributed by atoms with Crippen molar-refractivity contribution in [2.24, 2.45) is 0 Å². The number of alkyl halides is 2. The van der Waals surface area contributed by atoms with Crippen molar-refractivity contribution in [3.63, 3.8) is 0 Å². The monoisotopic (exact) mass is 417 g/mol. The van der Waals surface area contributed by atoms with E-state index in [4.69, 9.17) is 16.3 Å². The molecule has 2 aromatic carbocycles. The fourth-order valence-electron chi connectivity index (χ4n) is 3.08. The van der Waals surface area contributed by atoms with Gasteiger partial charge in [0.2, 0.25) is 10.0 Å². The highest BCUT2D eigenvalue weighted by Gasteiger charge is 2.33. The van der Waals surface area contributed by atoms with Crippen molar-refractivity contribution in [2.45, 2.75) is 23.8 Å². The topological polar surface area (TPSA) is 55.8 Å². The Bertz CT molecular complexity index is 906. The van der Waals surface area contributed by atoms with Crippen LogP contribution in [0.4, 0.5) is 8.78 Å². The van der Waals surface area contributed by atoms with Crippen LogP contribution in [0.1, 0.15) is 17.9 Å². The number of methoxy groups -OCH3 is 1. The van der Waals surface area contributed by atoms with Crippen LogP contribution in [0.15, 0.2) is 47.4 Å². The summed E-state index contributed by atoms with van der Waals surface area (Å²) in [5.41, 5.74) is 1.03. The molecule has 0 spiro atoms. The summed E-state index contributed by atoms with van der Waals surface area (Å²) in [4.78, 5) is -0.0514. The third-order valence-corrected chi connectivity index (χ3v) is 6.65. The first kappa shape index (κ1) is 19.9. The van der Waals surface area contributed by atoms with Crippen LogP contribution in [0, 0.1) is 0 Å². The number of benzene rings is 2. The van der Waals surface area contributed by atoms with Crippen LogP contribution in [0.25, 0.3) is 0 Å². The molecule has 5 nitrogen and oxygen atoms in total. The maximum Gasteiger partial charge on any atom is 0.387 e. The van der Waals surface area contributed by atoms with Crippen LogP contribution in [0.2, 0.25) is 5.02 Å². The SMILES string of the molecule is COc1ccc(C2CCN(S(=O)(=O)c3ccc(OC(F)F)c(Cl)c3)C2)cc1. The van der Waals surface area contributed by atoms with Crippen molar-refractivity contribution >= 4 is 21.6 Å². The van der Waals surface area contributed by atoms with Crippen LogP contribution >= 0.6 is 11.6 Å². The Hall–Kier alpha value is -1.90. The van der Waals surface area contributed by atoms with E-state index in [9.17, 15) is 17.2 Å². The van der Waals surface area contributed by atoms with Gasteiger partial charge in [-0.2, -0.15) is 13.1 Å². The minimum Gasteiger partial charge on any atom is -0.497 e. The minimum atomic E-state index is -3.78. The lowest BCUT2D eigenvalue weighted by Crippen LogP contribution is -2.28. The second-order valence-electron chi connectivity index (χ2n) is 6.09. The van der Waals surface area contributed by atoms with Crippen molar-refractivity contribution < 1.29 is 26.7 Å². The molecule has 1 fully saturated rings. The van der Waals surface area contributed by atoms with E-state index in [-0.39, 0.29) is 21.6 Å². The number of hydrogen-bond donors (Lipinski definition) is 0. The van der Waals surface area contributed by atoms with Crippen molar-refractivity contribution in [3.8, 4) is 11.5 Å². The van der Waals surface area contributed by atoms with E-state index in [1.54, 1.807) is 7.11 Å². The summed E-state index contributed by atoms with van der Waals surface area (Å²) in [6.45, 7) is -2.33. The minimum absolute atomic E-state index is 0.0514. The second-order valence-corrected chi connectivity index (χ2v) is 8.44. The standard InChI is InChI=1S/C18H18ClF2NO4S/c1-25-14-4-2-12(3-5-14)13-8-9-22(11-13)27(23,24)15-6-7-17(16(19)10-15)26-18(20)21/h2-7,10,13,18H,8-9,11H2,1H3. The van der Waals surface area contributed by atoms with Gasteiger partial charge in [0.25, 0.3) is 0 Å². The summed E-state index contributed by atoms with van der Waals surface area (Å²) >= 11 is 5.89. The molecule has 27 heavy (non-hydrogen) atoms. The quantitative estimate of drug-likeness (QED) is 0.709. The molecule has 2 aromatic rings. The molecular weight excluding hydrogens is 400 g/mol. The zero-order valence-corrected chi connectivity index (χ0v) is 16.0. The second kappa shape index (κ2) is 8.00. The van der Waals surface area contributed by atoms with Gasteiger partial charge in [0.15, 0.2) is 0 Å². The first-order valence-corrected chi connectivity index (χ1v) is 10.0. The molecule has 0 bridgehead atoms. The number of hydrogen-bond acceptors (Lipinski definition) is 4. The maximum atomic E-state index is 12.9. The van der Waals surface area contributed by atoms with Gasteiger partial charge >= 0.3 is 6.61 Å². The number of rotatable bonds is 6. The molecule has 1 heterocycles. The zero-order valence-electron chi connectivity index (χ0n) is 14.4. The van der Waals surface area contributed by atoms with E-state index in [2.05, 4.69) is 4.74 Å². The van der Waals surface area contributed by atoms with Crippen molar-refractivity contribution in [1.82, 2.24) is 4.31 Å². The first-order valence-electron chi connectivity index (χ1n) is 8.19. The van der Waals surface area contributed by atoms with Gasteiger partial charge in [0.05, 0.1) is 17.0 Å². The van der Waals surface area contributed by atoms with Gasteiger partial charge in [-0.3, -0.25) is 0 Å². The Balaban J connectivity index is 1.76. The highest BCUT2D eigenvalue weighted by atomic mass is 35.5. The molecule has 0 N–H and O–H groups in total. The van der Waals surface area contributed by atoms with Gasteiger partial charge in [0, 0.05) is 13.1 Å². The third kappa shape index (κ3) is 4.34. The zero-order chi connectivity index (χ0) is 19.6. The fourth-order valence-corrected chi connectivity index (χ4v) is 4.89. The predicted molar refractivity (Wildman–Crippen MR) is 97.2 cm³/mol. The third-order valence-electron chi connectivity index (χ3n) is 4.50. The first-order chi connectivity index (χ1) is 12.8. The summed E-state index contributed by atoms with van der Waals surface area (Å²) in [5, 5.41) is -0.178. The Morgan fingerprint density at radius 1 is 1.19 bits per heavy atom. The average molecular weight is 418 g/mol. The van der Waals surface area contributed by atoms with Crippen LogP contribution in [-0.2, 0) is 10.0 Å². The Labute approximate surface area is 161 Å². The molecule has 3 rings (SSSR count). The van der Waals surface area contributed by atoms with E-state index < -0.39 is 16.6 Å². The normalized spacial score (nSPS) is 18.0. The molecular formula is C18H18ClF2NO4S. The molecule has 0 saturated carbocycles. The van der Waals surface area contributed by atoms with Gasteiger partial charge in [-0.1, -0.05) is 23.7 Å². The van der Waals surface area contributed by atoms with Crippen LogP contribution < -0.4 is 9.47 Å². The molecule has 1 aliphatic rings. The van der Waals surface area contributed by atoms with Crippen molar-refractivity contribution in [3.05, 3.63) is 53.1 Å². The molecule has 1 aliphatic heterocycles. The van der Waals surface area contributed by atoms with Gasteiger partial charge in [0.1, 0.15) is 11.5 Å². The lowest BCUT2D eigenvalue weighted by molar-refractivity contribution is -0.0498. The molecule has 1 unspecified atom stereocenters. The van der Waals surface area contributed by atoms with Gasteiger partial charge in [-0.15, -0.1) is 0 Å². The Morgan fingerprint density at radius 2 is 1.89 bits per heavy atom. The summed E-state index contributed by atoms with van der Waals surface area (Å²) in [7, 11) is -2.19. The van der Waals surface area contributed by atoms with Crippen LogP contribution in [0.3, 0.4) is 0 Å². The Morgan fingerprint density at radius 3 is 2.48 bits per heavy atom. The fraction of sp³-hybridized carbons (Fsp3) is 0.333. The summed E-state index contributed by atoms with van der Waals surface area (Å²) in [6.07, 6.45) is 0.686. The number of ether oxygens (including phenoxy) is 2. The molecule has 0 amide bonds. The molecule has 1 saturated heterocycles. The van der Waals surface area contributed by atoms with Crippen LogP contribution in [0.5, 0.6) is 11.5 Å². The smallest absolute Gasteiger partial charge is 0.387 e. The van der Waals surface area contributed by atoms with Crippen LogP contribution in [-0.4, -0.2) is 39.5 Å². The van der Waals surface area contributed by atoms with Crippen molar-refractivity contribution in [2.75, 3.05) is 20.2 Å². The lowest BCUT2D eigenvalue weighted by atomic mass is 9.99. The predicted octanol–water partition coefficient (Wildman–Crippen LogP) is 4.13. The largest absolute Gasteiger partial charge is 0.497 e. The van der Waals surface area contributed by atoms with Gasteiger partial charge in [-0.25, -0.2) is 8.42 Å². The molecule has 1 atom stereocenters. The average Bonchev–Trinajstić information content (AvgIpc) is 3.14. The van der Waals surface area contributed by atoms with Gasteiger partial charge < -0.3 is 9.47 Å². The maximum absolute atomic E-state index is 12.9.